The van der Waals surface area contributed by atoms with Gasteiger partial charge in [0.2, 0.25) is 0 Å². The van der Waals surface area contributed by atoms with E-state index in [1.807, 2.05) is 6.92 Å². The number of rotatable bonds is 3. The summed E-state index contributed by atoms with van der Waals surface area (Å²) in [7, 11) is 0. The summed E-state index contributed by atoms with van der Waals surface area (Å²) in [6.07, 6.45) is 0.680. The Kier molecular flexibility index (Phi) is 2.44. The summed E-state index contributed by atoms with van der Waals surface area (Å²) in [6, 6.07) is 0.466. The first-order valence-electron chi connectivity index (χ1n) is 3.59. The Labute approximate surface area is 69.2 Å². The number of carboxylic acids is 1. The number of aryl methyl sites for hydroxylation is 1. The van der Waals surface area contributed by atoms with Crippen molar-refractivity contribution in [1.29, 1.82) is 0 Å². The van der Waals surface area contributed by atoms with Crippen LogP contribution in [0.4, 0.5) is 0 Å². The van der Waals surface area contributed by atoms with Crippen LogP contribution in [0.3, 0.4) is 0 Å². The maximum Gasteiger partial charge on any atom is 0.326 e. The summed E-state index contributed by atoms with van der Waals surface area (Å²) in [6.45, 7) is 1.89. The van der Waals surface area contributed by atoms with E-state index in [9.17, 15) is 4.79 Å². The van der Waals surface area contributed by atoms with E-state index in [-0.39, 0.29) is 5.69 Å². The second-order valence-electron chi connectivity index (χ2n) is 2.39. The summed E-state index contributed by atoms with van der Waals surface area (Å²) in [5.74, 6) is -0.465. The zero-order chi connectivity index (χ0) is 9.14. The second kappa shape index (κ2) is 3.36. The van der Waals surface area contributed by atoms with Gasteiger partial charge in [-0.3, -0.25) is 4.79 Å². The molecule has 1 atom stereocenters. The van der Waals surface area contributed by atoms with Crippen LogP contribution in [0.1, 0.15) is 24.4 Å². The Morgan fingerprint density at radius 1 is 1.92 bits per heavy atom. The molecule has 1 aromatic rings. The van der Waals surface area contributed by atoms with Gasteiger partial charge in [0.05, 0.1) is 0 Å². The molecular formula is C7H10N2O3. The van der Waals surface area contributed by atoms with Crippen LogP contribution < -0.4 is 5.73 Å². The molecule has 0 aromatic carbocycles. The molecule has 0 amide bonds. The molecule has 1 heterocycles. The van der Waals surface area contributed by atoms with E-state index in [0.717, 1.165) is 0 Å². The second-order valence-corrected chi connectivity index (χ2v) is 2.39. The average molecular weight is 170 g/mol. The molecule has 0 fully saturated rings. The Morgan fingerprint density at radius 2 is 2.58 bits per heavy atom. The molecule has 0 aliphatic carbocycles. The lowest BCUT2D eigenvalue weighted by atomic mass is 10.2. The fourth-order valence-corrected chi connectivity index (χ4v) is 0.769. The minimum Gasteiger partial charge on any atom is -0.480 e. The van der Waals surface area contributed by atoms with E-state index in [0.29, 0.717) is 12.2 Å². The smallest absolute Gasteiger partial charge is 0.326 e. The minimum atomic E-state index is -1.11. The number of hydrogen-bond donors (Lipinski definition) is 2. The first-order chi connectivity index (χ1) is 5.65. The molecule has 3 N–H and O–H groups in total. The van der Waals surface area contributed by atoms with Gasteiger partial charge in [0, 0.05) is 12.5 Å². The van der Waals surface area contributed by atoms with Gasteiger partial charge in [-0.15, -0.1) is 0 Å². The molecule has 5 nitrogen and oxygen atoms in total. The van der Waals surface area contributed by atoms with Crippen molar-refractivity contribution in [3.8, 4) is 0 Å². The molecule has 0 saturated carbocycles. The number of nitrogens with zero attached hydrogens (tertiary/aromatic N) is 1. The van der Waals surface area contributed by atoms with Crippen molar-refractivity contribution in [2.75, 3.05) is 0 Å². The summed E-state index contributed by atoms with van der Waals surface area (Å²) >= 11 is 0. The highest BCUT2D eigenvalue weighted by molar-refractivity contribution is 5.74. The molecule has 0 radical (unpaired) electrons. The summed E-state index contributed by atoms with van der Waals surface area (Å²) in [5.41, 5.74) is 5.55. The molecular weight excluding hydrogens is 160 g/mol. The van der Waals surface area contributed by atoms with E-state index in [1.165, 1.54) is 0 Å². The molecule has 5 heteroatoms. The Bertz CT molecular complexity index is 282. The van der Waals surface area contributed by atoms with Gasteiger partial charge in [-0.1, -0.05) is 12.1 Å². The Balaban J connectivity index is 2.81. The van der Waals surface area contributed by atoms with Crippen molar-refractivity contribution >= 4 is 5.97 Å². The fraction of sp³-hybridized carbons (Fsp3) is 0.429. The molecule has 1 aromatic heterocycles. The van der Waals surface area contributed by atoms with Crippen LogP contribution in [0.5, 0.6) is 0 Å². The van der Waals surface area contributed by atoms with Crippen molar-refractivity contribution < 1.29 is 14.4 Å². The highest BCUT2D eigenvalue weighted by atomic mass is 16.5. The molecule has 1 rings (SSSR count). The summed E-state index contributed by atoms with van der Waals surface area (Å²) in [4.78, 5) is 10.4. The molecule has 0 aliphatic rings. The number of aliphatic carboxylic acids is 1. The lowest BCUT2D eigenvalue weighted by Gasteiger charge is -1.98. The van der Waals surface area contributed by atoms with Gasteiger partial charge in [-0.05, 0) is 0 Å². The van der Waals surface area contributed by atoms with Crippen molar-refractivity contribution in [2.24, 2.45) is 5.73 Å². The van der Waals surface area contributed by atoms with Crippen LogP contribution in [0.2, 0.25) is 0 Å². The zero-order valence-corrected chi connectivity index (χ0v) is 6.65. The zero-order valence-electron chi connectivity index (χ0n) is 6.65. The van der Waals surface area contributed by atoms with Crippen molar-refractivity contribution in [2.45, 2.75) is 19.4 Å². The predicted octanol–water partition coefficient (Wildman–Crippen LogP) is 0.321. The van der Waals surface area contributed by atoms with E-state index in [2.05, 4.69) is 5.16 Å². The summed E-state index contributed by atoms with van der Waals surface area (Å²) in [5, 5.41) is 12.0. The fourth-order valence-electron chi connectivity index (χ4n) is 0.769. The topological polar surface area (TPSA) is 89.4 Å². The minimum absolute atomic E-state index is 0.263. The van der Waals surface area contributed by atoms with Gasteiger partial charge in [0.15, 0.2) is 0 Å². The average Bonchev–Trinajstić information content (AvgIpc) is 2.50. The standard InChI is InChI=1S/C7H10N2O3/c1-2-4-3-5(9-12-4)6(8)7(10)11/h3,6H,2,8H2,1H3,(H,10,11). The Morgan fingerprint density at radius 3 is 3.00 bits per heavy atom. The van der Waals surface area contributed by atoms with E-state index >= 15 is 0 Å². The highest BCUT2D eigenvalue weighted by Gasteiger charge is 2.18. The van der Waals surface area contributed by atoms with Gasteiger partial charge in [0.1, 0.15) is 17.5 Å². The van der Waals surface area contributed by atoms with Crippen LogP contribution in [-0.4, -0.2) is 16.2 Å². The lowest BCUT2D eigenvalue weighted by molar-refractivity contribution is -0.138. The summed E-state index contributed by atoms with van der Waals surface area (Å²) < 4.78 is 4.79. The van der Waals surface area contributed by atoms with E-state index in [4.69, 9.17) is 15.4 Å². The number of carbonyl (C=O) groups is 1. The third kappa shape index (κ3) is 1.62. The molecule has 12 heavy (non-hydrogen) atoms. The first kappa shape index (κ1) is 8.73. The van der Waals surface area contributed by atoms with E-state index < -0.39 is 12.0 Å². The number of nitrogens with two attached hydrogens (primary N) is 1. The van der Waals surface area contributed by atoms with E-state index in [1.54, 1.807) is 6.07 Å². The number of aromatic nitrogens is 1. The molecule has 1 unspecified atom stereocenters. The van der Waals surface area contributed by atoms with Crippen molar-refractivity contribution in [3.05, 3.63) is 17.5 Å². The quantitative estimate of drug-likeness (QED) is 0.681. The van der Waals surface area contributed by atoms with Gasteiger partial charge >= 0.3 is 5.97 Å². The third-order valence-electron chi connectivity index (χ3n) is 1.51. The normalized spacial score (nSPS) is 12.8. The number of carboxylic acid groups (broad SMARTS) is 1. The monoisotopic (exact) mass is 170 g/mol. The first-order valence-corrected chi connectivity index (χ1v) is 3.59. The number of hydrogen-bond acceptors (Lipinski definition) is 4. The van der Waals surface area contributed by atoms with Crippen molar-refractivity contribution in [1.82, 2.24) is 5.16 Å². The van der Waals surface area contributed by atoms with Gasteiger partial charge in [-0.25, -0.2) is 0 Å². The van der Waals surface area contributed by atoms with Gasteiger partial charge < -0.3 is 15.4 Å². The Hall–Kier alpha value is -1.36. The molecule has 0 spiro atoms. The maximum absolute atomic E-state index is 10.4. The third-order valence-corrected chi connectivity index (χ3v) is 1.51. The lowest BCUT2D eigenvalue weighted by Crippen LogP contribution is -2.20. The molecule has 0 aliphatic heterocycles. The van der Waals surface area contributed by atoms with Crippen LogP contribution >= 0.6 is 0 Å². The SMILES string of the molecule is CCc1cc(C(N)C(=O)O)no1. The maximum atomic E-state index is 10.4. The molecule has 66 valence electrons. The van der Waals surface area contributed by atoms with Crippen LogP contribution in [-0.2, 0) is 11.2 Å². The van der Waals surface area contributed by atoms with Crippen molar-refractivity contribution in [3.63, 3.8) is 0 Å². The van der Waals surface area contributed by atoms with Gasteiger partial charge in [-0.2, -0.15) is 0 Å². The molecule has 0 bridgehead atoms. The van der Waals surface area contributed by atoms with Crippen LogP contribution in [0, 0.1) is 0 Å². The highest BCUT2D eigenvalue weighted by Crippen LogP contribution is 2.11. The van der Waals surface area contributed by atoms with Gasteiger partial charge in [0.25, 0.3) is 0 Å². The largest absolute Gasteiger partial charge is 0.480 e. The van der Waals surface area contributed by atoms with Crippen LogP contribution in [0.15, 0.2) is 10.6 Å². The predicted molar refractivity (Wildman–Crippen MR) is 40.4 cm³/mol. The van der Waals surface area contributed by atoms with Crippen LogP contribution in [0.25, 0.3) is 0 Å². The molecule has 0 saturated heterocycles.